The predicted molar refractivity (Wildman–Crippen MR) is 138 cm³/mol. The van der Waals surface area contributed by atoms with Crippen LogP contribution in [0.4, 0.5) is 8.78 Å². The standard InChI is InChI=1S/C13H13BrFNO2.C12H11BrFNO2/c1-7(2)16-6-10(15)12-9(13(17)18-3)4-8(14)5-11(12)16;1-6(2)15-5-9(14)11-8(12(16)17)3-7(13)4-10(11)15/h4-7H,1-3H3;3-6H,1-2H3,(H,16,17). The van der Waals surface area contributed by atoms with Gasteiger partial charge in [0, 0.05) is 33.4 Å². The number of halogens is 4. The molecular weight excluding hydrogens is 590 g/mol. The van der Waals surface area contributed by atoms with E-state index in [1.807, 2.05) is 27.7 Å². The summed E-state index contributed by atoms with van der Waals surface area (Å²) in [5.41, 5.74) is 1.48. The minimum Gasteiger partial charge on any atom is -0.478 e. The third-order valence-electron chi connectivity index (χ3n) is 5.45. The van der Waals surface area contributed by atoms with Crippen LogP contribution in [0.2, 0.25) is 0 Å². The van der Waals surface area contributed by atoms with Gasteiger partial charge in [-0.25, -0.2) is 18.4 Å². The first kappa shape index (κ1) is 26.9. The van der Waals surface area contributed by atoms with Crippen molar-refractivity contribution in [2.75, 3.05) is 7.11 Å². The number of nitrogens with zero attached hydrogens (tertiary/aromatic N) is 2. The van der Waals surface area contributed by atoms with Gasteiger partial charge in [-0.05, 0) is 52.0 Å². The van der Waals surface area contributed by atoms with Crippen LogP contribution >= 0.6 is 31.9 Å². The molecule has 2 heterocycles. The summed E-state index contributed by atoms with van der Waals surface area (Å²) in [4.78, 5) is 22.8. The molecule has 2 aromatic carbocycles. The Kier molecular flexibility index (Phi) is 8.06. The number of ether oxygens (including phenoxy) is 1. The van der Waals surface area contributed by atoms with E-state index >= 15 is 0 Å². The Hall–Kier alpha value is -2.72. The lowest BCUT2D eigenvalue weighted by molar-refractivity contribution is 0.0601. The van der Waals surface area contributed by atoms with Gasteiger partial charge in [0.2, 0.25) is 0 Å². The van der Waals surface area contributed by atoms with Crippen molar-refractivity contribution in [3.8, 4) is 0 Å². The average molecular weight is 614 g/mol. The molecule has 0 amide bonds. The maximum absolute atomic E-state index is 14.0. The summed E-state index contributed by atoms with van der Waals surface area (Å²) in [6.45, 7) is 7.75. The molecule has 0 fully saturated rings. The Labute approximate surface area is 217 Å². The molecule has 0 atom stereocenters. The highest BCUT2D eigenvalue weighted by atomic mass is 79.9. The van der Waals surface area contributed by atoms with Crippen molar-refractivity contribution in [2.24, 2.45) is 0 Å². The van der Waals surface area contributed by atoms with E-state index in [1.54, 1.807) is 27.3 Å². The number of fused-ring (bicyclic) bond motifs is 2. The normalized spacial score (nSPS) is 11.3. The van der Waals surface area contributed by atoms with Gasteiger partial charge in [-0.15, -0.1) is 0 Å². The van der Waals surface area contributed by atoms with Gasteiger partial charge in [0.05, 0.1) is 40.0 Å². The van der Waals surface area contributed by atoms with Gasteiger partial charge in [-0.1, -0.05) is 31.9 Å². The maximum atomic E-state index is 14.0. The molecular formula is C25H24Br2F2N2O4. The van der Waals surface area contributed by atoms with Crippen molar-refractivity contribution < 1.29 is 28.2 Å². The molecule has 0 aliphatic carbocycles. The number of hydrogen-bond acceptors (Lipinski definition) is 3. The smallest absolute Gasteiger partial charge is 0.338 e. The van der Waals surface area contributed by atoms with Crippen molar-refractivity contribution in [3.63, 3.8) is 0 Å². The number of hydrogen-bond donors (Lipinski definition) is 1. The lowest BCUT2D eigenvalue weighted by atomic mass is 10.1. The molecule has 4 rings (SSSR count). The zero-order valence-electron chi connectivity index (χ0n) is 19.7. The molecule has 0 radical (unpaired) electrons. The Morgan fingerprint density at radius 3 is 1.60 bits per heavy atom. The fourth-order valence-electron chi connectivity index (χ4n) is 3.90. The molecule has 0 unspecified atom stereocenters. The molecule has 10 heteroatoms. The number of esters is 1. The van der Waals surface area contributed by atoms with E-state index in [0.29, 0.717) is 20.9 Å². The summed E-state index contributed by atoms with van der Waals surface area (Å²) in [5.74, 6) is -2.58. The molecule has 0 saturated carbocycles. The number of carboxylic acid groups (broad SMARTS) is 1. The molecule has 0 aliphatic heterocycles. The first-order chi connectivity index (χ1) is 16.4. The molecule has 4 aromatic rings. The van der Waals surface area contributed by atoms with E-state index in [4.69, 9.17) is 5.11 Å². The molecule has 6 nitrogen and oxygen atoms in total. The average Bonchev–Trinajstić information content (AvgIpc) is 3.29. The summed E-state index contributed by atoms with van der Waals surface area (Å²) in [6.07, 6.45) is 2.75. The summed E-state index contributed by atoms with van der Waals surface area (Å²) >= 11 is 6.57. The largest absolute Gasteiger partial charge is 0.478 e. The summed E-state index contributed by atoms with van der Waals surface area (Å²) in [5, 5.41) is 9.55. The van der Waals surface area contributed by atoms with E-state index in [2.05, 4.69) is 36.6 Å². The number of aromatic carboxylic acids is 1. The number of carbonyl (C=O) groups excluding carboxylic acids is 1. The quantitative estimate of drug-likeness (QED) is 0.239. The van der Waals surface area contributed by atoms with Crippen LogP contribution in [0.25, 0.3) is 21.8 Å². The first-order valence-electron chi connectivity index (χ1n) is 10.7. The van der Waals surface area contributed by atoms with E-state index in [9.17, 15) is 18.4 Å². The van der Waals surface area contributed by atoms with Crippen LogP contribution in [0.15, 0.2) is 45.6 Å². The van der Waals surface area contributed by atoms with Gasteiger partial charge < -0.3 is 19.0 Å². The molecule has 0 bridgehead atoms. The van der Waals surface area contributed by atoms with E-state index < -0.39 is 23.6 Å². The van der Waals surface area contributed by atoms with Gasteiger partial charge in [0.15, 0.2) is 0 Å². The van der Waals surface area contributed by atoms with Crippen LogP contribution in [0.1, 0.15) is 60.5 Å². The third kappa shape index (κ3) is 5.28. The lowest BCUT2D eigenvalue weighted by Crippen LogP contribution is -2.03. The van der Waals surface area contributed by atoms with Crippen LogP contribution in [0.3, 0.4) is 0 Å². The summed E-state index contributed by atoms with van der Waals surface area (Å²) in [7, 11) is 1.28. The number of methoxy groups -OCH3 is 1. The molecule has 0 saturated heterocycles. The number of carbonyl (C=O) groups is 2. The van der Waals surface area contributed by atoms with E-state index in [1.165, 1.54) is 25.6 Å². The Bertz CT molecular complexity index is 1440. The lowest BCUT2D eigenvalue weighted by Gasteiger charge is -2.10. The molecule has 0 aliphatic rings. The van der Waals surface area contributed by atoms with Crippen LogP contribution in [0, 0.1) is 11.6 Å². The van der Waals surface area contributed by atoms with Gasteiger partial charge in [0.25, 0.3) is 0 Å². The molecule has 1 N–H and O–H groups in total. The van der Waals surface area contributed by atoms with Crippen molar-refractivity contribution in [1.82, 2.24) is 9.13 Å². The van der Waals surface area contributed by atoms with Gasteiger partial charge in [-0.2, -0.15) is 0 Å². The Balaban J connectivity index is 0.000000196. The molecule has 2 aromatic heterocycles. The highest BCUT2D eigenvalue weighted by Gasteiger charge is 2.20. The van der Waals surface area contributed by atoms with Crippen molar-refractivity contribution >= 4 is 65.6 Å². The molecule has 186 valence electrons. The molecule has 35 heavy (non-hydrogen) atoms. The van der Waals surface area contributed by atoms with Crippen molar-refractivity contribution in [2.45, 2.75) is 39.8 Å². The number of carboxylic acids is 1. The summed E-state index contributed by atoms with van der Waals surface area (Å²) < 4.78 is 37.4. The molecule has 0 spiro atoms. The minimum absolute atomic E-state index is 0.0220. The second kappa shape index (κ2) is 10.5. The fraction of sp³-hybridized carbons (Fsp3) is 0.280. The second-order valence-corrected chi connectivity index (χ2v) is 10.3. The fourth-order valence-corrected chi connectivity index (χ4v) is 4.79. The van der Waals surface area contributed by atoms with Crippen LogP contribution < -0.4 is 0 Å². The van der Waals surface area contributed by atoms with E-state index in [0.717, 1.165) is 4.47 Å². The third-order valence-corrected chi connectivity index (χ3v) is 6.37. The van der Waals surface area contributed by atoms with Crippen molar-refractivity contribution in [1.29, 1.82) is 0 Å². The number of aromatic nitrogens is 2. The van der Waals surface area contributed by atoms with E-state index in [-0.39, 0.29) is 28.6 Å². The monoisotopic (exact) mass is 612 g/mol. The maximum Gasteiger partial charge on any atom is 0.338 e. The second-order valence-electron chi connectivity index (χ2n) is 8.45. The predicted octanol–water partition coefficient (Wildman–Crippen LogP) is 7.73. The topological polar surface area (TPSA) is 73.5 Å². The zero-order valence-corrected chi connectivity index (χ0v) is 22.9. The van der Waals surface area contributed by atoms with Crippen molar-refractivity contribution in [3.05, 3.63) is 68.4 Å². The number of benzene rings is 2. The summed E-state index contributed by atoms with van der Waals surface area (Å²) in [6, 6.07) is 6.69. The zero-order chi connectivity index (χ0) is 26.2. The van der Waals surface area contributed by atoms with Crippen LogP contribution in [-0.2, 0) is 4.74 Å². The van der Waals surface area contributed by atoms with Crippen LogP contribution in [0.5, 0.6) is 0 Å². The Morgan fingerprint density at radius 1 is 0.829 bits per heavy atom. The highest BCUT2D eigenvalue weighted by molar-refractivity contribution is 9.10. The Morgan fingerprint density at radius 2 is 1.23 bits per heavy atom. The highest BCUT2D eigenvalue weighted by Crippen LogP contribution is 2.31. The van der Waals surface area contributed by atoms with Gasteiger partial charge in [0.1, 0.15) is 11.6 Å². The SMILES string of the molecule is CC(C)n1cc(F)c2c(C(=O)O)cc(Br)cc21.COC(=O)c1cc(Br)cc2c1c(F)cn2C(C)C. The first-order valence-corrected chi connectivity index (χ1v) is 12.3. The van der Waals surface area contributed by atoms with Crippen LogP contribution in [-0.4, -0.2) is 33.3 Å². The number of rotatable bonds is 4. The van der Waals surface area contributed by atoms with Gasteiger partial charge >= 0.3 is 11.9 Å². The van der Waals surface area contributed by atoms with Gasteiger partial charge in [-0.3, -0.25) is 0 Å². The minimum atomic E-state index is -1.13.